The zero-order valence-electron chi connectivity index (χ0n) is 9.53. The van der Waals surface area contributed by atoms with Crippen LogP contribution in [0.2, 0.25) is 0 Å². The first-order valence-electron chi connectivity index (χ1n) is 5.58. The normalized spacial score (nSPS) is 21.4. The largest absolute Gasteiger partial charge is 0.340 e. The van der Waals surface area contributed by atoms with Crippen molar-refractivity contribution in [1.29, 1.82) is 0 Å². The number of hydrogen-bond donors (Lipinski definition) is 2. The van der Waals surface area contributed by atoms with E-state index in [1.54, 1.807) is 0 Å². The zero-order chi connectivity index (χ0) is 12.3. The highest BCUT2D eigenvalue weighted by atomic mass is 79.9. The molecule has 1 amide bonds. The fourth-order valence-electron chi connectivity index (χ4n) is 1.66. The van der Waals surface area contributed by atoms with Gasteiger partial charge in [-0.05, 0) is 24.1 Å². The van der Waals surface area contributed by atoms with Gasteiger partial charge in [-0.25, -0.2) is 0 Å². The van der Waals surface area contributed by atoms with Gasteiger partial charge in [-0.1, -0.05) is 35.0 Å². The highest BCUT2D eigenvalue weighted by Crippen LogP contribution is 2.20. The van der Waals surface area contributed by atoms with Crippen molar-refractivity contribution >= 4 is 27.8 Å². The first-order valence-corrected chi connectivity index (χ1v) is 6.37. The molecule has 4 nitrogen and oxygen atoms in total. The Morgan fingerprint density at radius 3 is 3.00 bits per heavy atom. The van der Waals surface area contributed by atoms with E-state index in [0.717, 1.165) is 16.5 Å². The minimum Gasteiger partial charge on any atom is -0.340 e. The molecule has 1 atom stereocenters. The van der Waals surface area contributed by atoms with Gasteiger partial charge in [0.25, 0.3) is 5.91 Å². The van der Waals surface area contributed by atoms with Crippen LogP contribution in [0, 0.1) is 0 Å². The second-order valence-corrected chi connectivity index (χ2v) is 4.77. The Bertz CT molecular complexity index is 459. The van der Waals surface area contributed by atoms with Crippen LogP contribution in [0.4, 0.5) is 0 Å². The highest BCUT2D eigenvalue weighted by molar-refractivity contribution is 9.10. The maximum absolute atomic E-state index is 11.8. The Morgan fingerprint density at radius 1 is 1.47 bits per heavy atom. The van der Waals surface area contributed by atoms with Gasteiger partial charge in [-0.2, -0.15) is 0 Å². The molecule has 5 heteroatoms. The third-order valence-electron chi connectivity index (χ3n) is 2.46. The van der Waals surface area contributed by atoms with E-state index in [2.05, 4.69) is 31.6 Å². The van der Waals surface area contributed by atoms with Gasteiger partial charge in [0, 0.05) is 11.0 Å². The van der Waals surface area contributed by atoms with Crippen molar-refractivity contribution in [2.45, 2.75) is 19.4 Å². The Kier molecular flexibility index (Phi) is 3.78. The number of carbonyl (C=O) groups excluding carboxylic acids is 1. The third-order valence-corrected chi connectivity index (χ3v) is 2.95. The van der Waals surface area contributed by atoms with Gasteiger partial charge in [-0.3, -0.25) is 15.1 Å². The molecule has 0 saturated carbocycles. The van der Waals surface area contributed by atoms with Gasteiger partial charge in [0.2, 0.25) is 0 Å². The summed E-state index contributed by atoms with van der Waals surface area (Å²) in [5.74, 6) is 0.514. The number of amides is 1. The average Bonchev–Trinajstić information content (AvgIpc) is 2.68. The summed E-state index contributed by atoms with van der Waals surface area (Å²) in [4.78, 5) is 16.0. The summed E-state index contributed by atoms with van der Waals surface area (Å²) in [6, 6.07) is 7.35. The quantitative estimate of drug-likeness (QED) is 0.896. The topological polar surface area (TPSA) is 53.5 Å². The van der Waals surface area contributed by atoms with Gasteiger partial charge in [0.1, 0.15) is 6.04 Å². The van der Waals surface area contributed by atoms with E-state index < -0.39 is 0 Å². The third kappa shape index (κ3) is 2.85. The van der Waals surface area contributed by atoms with Crippen LogP contribution in [0.3, 0.4) is 0 Å². The number of benzene rings is 1. The van der Waals surface area contributed by atoms with Crippen LogP contribution in [0.5, 0.6) is 0 Å². The molecule has 1 fully saturated rings. The molecular formula is C12H14BrN3O. The highest BCUT2D eigenvalue weighted by Gasteiger charge is 2.29. The second-order valence-electron chi connectivity index (χ2n) is 3.85. The summed E-state index contributed by atoms with van der Waals surface area (Å²) in [5, 5.41) is 5.83. The molecule has 0 aliphatic carbocycles. The van der Waals surface area contributed by atoms with E-state index in [0.29, 0.717) is 12.5 Å². The molecule has 17 heavy (non-hydrogen) atoms. The summed E-state index contributed by atoms with van der Waals surface area (Å²) >= 11 is 3.40. The minimum atomic E-state index is -0.344. The molecule has 2 N–H and O–H groups in total. The molecule has 1 aliphatic heterocycles. The molecule has 90 valence electrons. The second kappa shape index (κ2) is 5.31. The zero-order valence-corrected chi connectivity index (χ0v) is 11.1. The first-order chi connectivity index (χ1) is 8.20. The standard InChI is InChI=1S/C12H14BrN3O/c1-2-6-14-12-15-10(11(17)16-12)8-4-3-5-9(13)7-8/h3-5,7,10H,2,6H2,1H3,(H2,14,15,16,17). The molecule has 2 rings (SSSR count). The van der Waals surface area contributed by atoms with E-state index >= 15 is 0 Å². The van der Waals surface area contributed by atoms with Crippen molar-refractivity contribution in [3.05, 3.63) is 34.3 Å². The van der Waals surface area contributed by atoms with E-state index in [1.165, 1.54) is 0 Å². The van der Waals surface area contributed by atoms with Gasteiger partial charge >= 0.3 is 0 Å². The molecule has 1 unspecified atom stereocenters. The van der Waals surface area contributed by atoms with E-state index in [-0.39, 0.29) is 11.9 Å². The lowest BCUT2D eigenvalue weighted by Crippen LogP contribution is -2.25. The average molecular weight is 296 g/mol. The fraction of sp³-hybridized carbons (Fsp3) is 0.333. The summed E-state index contributed by atoms with van der Waals surface area (Å²) in [7, 11) is 0. The lowest BCUT2D eigenvalue weighted by Gasteiger charge is -2.08. The van der Waals surface area contributed by atoms with Crippen molar-refractivity contribution in [3.63, 3.8) is 0 Å². The number of guanidine groups is 1. The van der Waals surface area contributed by atoms with Crippen LogP contribution in [0.15, 0.2) is 33.7 Å². The van der Waals surface area contributed by atoms with Crippen LogP contribution < -0.4 is 10.6 Å². The van der Waals surface area contributed by atoms with Crippen LogP contribution in [-0.4, -0.2) is 18.4 Å². The minimum absolute atomic E-state index is 0.0575. The van der Waals surface area contributed by atoms with Crippen molar-refractivity contribution in [2.75, 3.05) is 6.54 Å². The SMILES string of the molecule is CCCN=C1NC(=O)C(c2cccc(Br)c2)N1. The molecular weight excluding hydrogens is 282 g/mol. The van der Waals surface area contributed by atoms with Crippen LogP contribution in [0.1, 0.15) is 24.9 Å². The number of halogens is 1. The molecule has 0 aromatic heterocycles. The Hall–Kier alpha value is -1.36. The van der Waals surface area contributed by atoms with Crippen LogP contribution >= 0.6 is 15.9 Å². The van der Waals surface area contributed by atoms with E-state index in [9.17, 15) is 4.79 Å². The molecule has 1 aromatic carbocycles. The van der Waals surface area contributed by atoms with Gasteiger partial charge in [-0.15, -0.1) is 0 Å². The maximum Gasteiger partial charge on any atom is 0.253 e. The number of carbonyl (C=O) groups is 1. The first kappa shape index (κ1) is 12.1. The van der Waals surface area contributed by atoms with Gasteiger partial charge < -0.3 is 5.32 Å². The van der Waals surface area contributed by atoms with Gasteiger partial charge in [0.05, 0.1) is 0 Å². The molecule has 1 aromatic rings. The van der Waals surface area contributed by atoms with Crippen molar-refractivity contribution in [3.8, 4) is 0 Å². The molecule has 0 bridgehead atoms. The summed E-state index contributed by atoms with van der Waals surface area (Å²) in [6.07, 6.45) is 0.961. The maximum atomic E-state index is 11.8. The molecule has 1 saturated heterocycles. The molecule has 0 spiro atoms. The van der Waals surface area contributed by atoms with Crippen molar-refractivity contribution in [1.82, 2.24) is 10.6 Å². The number of rotatable bonds is 3. The van der Waals surface area contributed by atoms with E-state index in [4.69, 9.17) is 0 Å². The Labute approximate surface area is 109 Å². The lowest BCUT2D eigenvalue weighted by atomic mass is 10.1. The number of hydrogen-bond acceptors (Lipinski definition) is 2. The Balaban J connectivity index is 2.16. The van der Waals surface area contributed by atoms with Crippen LogP contribution in [0.25, 0.3) is 0 Å². The van der Waals surface area contributed by atoms with Crippen molar-refractivity contribution in [2.24, 2.45) is 4.99 Å². The summed E-state index contributed by atoms with van der Waals surface area (Å²) < 4.78 is 0.962. The number of nitrogens with zero attached hydrogens (tertiary/aromatic N) is 1. The monoisotopic (exact) mass is 295 g/mol. The van der Waals surface area contributed by atoms with E-state index in [1.807, 2.05) is 31.2 Å². The molecule has 1 aliphatic rings. The smallest absolute Gasteiger partial charge is 0.253 e. The fourth-order valence-corrected chi connectivity index (χ4v) is 2.07. The Morgan fingerprint density at radius 2 is 2.29 bits per heavy atom. The number of aliphatic imine (C=N–C) groups is 1. The van der Waals surface area contributed by atoms with Crippen molar-refractivity contribution < 1.29 is 4.79 Å². The molecule has 1 heterocycles. The lowest BCUT2D eigenvalue weighted by molar-refractivity contribution is -0.120. The van der Waals surface area contributed by atoms with Gasteiger partial charge in [0.15, 0.2) is 5.96 Å². The summed E-state index contributed by atoms with van der Waals surface area (Å²) in [6.45, 7) is 2.76. The molecule has 0 radical (unpaired) electrons. The predicted octanol–water partition coefficient (Wildman–Crippen LogP) is 1.98. The number of nitrogens with one attached hydrogen (secondary N) is 2. The predicted molar refractivity (Wildman–Crippen MR) is 70.8 cm³/mol. The van der Waals surface area contributed by atoms with Crippen LogP contribution in [-0.2, 0) is 4.79 Å². The summed E-state index contributed by atoms with van der Waals surface area (Å²) in [5.41, 5.74) is 0.929.